The highest BCUT2D eigenvalue weighted by Gasteiger charge is 2.34. The van der Waals surface area contributed by atoms with Crippen molar-refractivity contribution in [2.24, 2.45) is 0 Å². The number of nitrogens with two attached hydrogens (primary N) is 1. The van der Waals surface area contributed by atoms with E-state index in [9.17, 15) is 0 Å². The van der Waals surface area contributed by atoms with E-state index in [-0.39, 0.29) is 5.92 Å². The van der Waals surface area contributed by atoms with Crippen molar-refractivity contribution >= 4 is 5.88 Å². The normalized spacial score (nSPS) is 11.8. The van der Waals surface area contributed by atoms with Crippen LogP contribution in [0.2, 0.25) is 0 Å². The molecule has 0 aliphatic rings. The lowest BCUT2D eigenvalue weighted by molar-refractivity contribution is -0.771. The summed E-state index contributed by atoms with van der Waals surface area (Å²) in [6, 6.07) is 0.680. The molecule has 0 radical (unpaired) electrons. The van der Waals surface area contributed by atoms with Crippen LogP contribution in [0.5, 0.6) is 0 Å². The molecule has 0 saturated heterocycles. The molecule has 1 aromatic rings. The highest BCUT2D eigenvalue weighted by molar-refractivity contribution is 5.27. The Labute approximate surface area is 97.1 Å². The zero-order valence-electron chi connectivity index (χ0n) is 11.1. The maximum atomic E-state index is 5.80. The standard InChI is InChI=1S/C11H23N4O/c1-7(2)10-11(12)16-13-15(10)14(8(3)4)9(5)6/h7-9H,12H2,1-6H3/q+1. The lowest BCUT2D eigenvalue weighted by Gasteiger charge is -2.22. The van der Waals surface area contributed by atoms with Gasteiger partial charge in [0.25, 0.3) is 5.88 Å². The predicted molar refractivity (Wildman–Crippen MR) is 63.7 cm³/mol. The monoisotopic (exact) mass is 227 g/mol. The molecule has 1 heterocycles. The summed E-state index contributed by atoms with van der Waals surface area (Å²) in [4.78, 5) is 1.80. The van der Waals surface area contributed by atoms with Gasteiger partial charge in [-0.3, -0.25) is 4.52 Å². The van der Waals surface area contributed by atoms with Crippen molar-refractivity contribution in [1.29, 1.82) is 0 Å². The van der Waals surface area contributed by atoms with Gasteiger partial charge in [0.15, 0.2) is 0 Å². The first-order chi connectivity index (χ1) is 7.36. The van der Waals surface area contributed by atoms with Crippen LogP contribution in [-0.4, -0.2) is 17.4 Å². The van der Waals surface area contributed by atoms with Gasteiger partial charge in [-0.2, -0.15) is 0 Å². The number of hydrogen-bond acceptors (Lipinski definition) is 4. The summed E-state index contributed by atoms with van der Waals surface area (Å²) in [5, 5.41) is 6.17. The highest BCUT2D eigenvalue weighted by atomic mass is 16.5. The fourth-order valence-corrected chi connectivity index (χ4v) is 1.99. The van der Waals surface area contributed by atoms with E-state index in [4.69, 9.17) is 10.3 Å². The molecule has 0 atom stereocenters. The van der Waals surface area contributed by atoms with Crippen molar-refractivity contribution in [1.82, 2.24) is 5.27 Å². The van der Waals surface area contributed by atoms with E-state index in [1.54, 1.807) is 4.79 Å². The van der Waals surface area contributed by atoms with Crippen molar-refractivity contribution in [2.45, 2.75) is 59.5 Å². The van der Waals surface area contributed by atoms with Gasteiger partial charge in [0.1, 0.15) is 0 Å². The average Bonchev–Trinajstić information content (AvgIpc) is 2.46. The average molecular weight is 227 g/mol. The summed E-state index contributed by atoms with van der Waals surface area (Å²) in [6.07, 6.45) is 0. The van der Waals surface area contributed by atoms with E-state index in [2.05, 4.69) is 51.8 Å². The maximum Gasteiger partial charge on any atom is 0.310 e. The zero-order valence-corrected chi connectivity index (χ0v) is 11.1. The molecule has 16 heavy (non-hydrogen) atoms. The summed E-state index contributed by atoms with van der Waals surface area (Å²) in [5.74, 6) is 0.688. The Hall–Kier alpha value is -1.26. The summed E-state index contributed by atoms with van der Waals surface area (Å²) in [6.45, 7) is 12.7. The summed E-state index contributed by atoms with van der Waals surface area (Å²) in [5.41, 5.74) is 6.74. The molecule has 0 amide bonds. The van der Waals surface area contributed by atoms with Crippen LogP contribution < -0.4 is 15.5 Å². The minimum absolute atomic E-state index is 0.284. The first kappa shape index (κ1) is 12.8. The number of rotatable bonds is 4. The molecule has 0 aromatic carbocycles. The molecular formula is C11H23N4O+. The Kier molecular flexibility index (Phi) is 3.78. The van der Waals surface area contributed by atoms with Crippen LogP contribution in [0.1, 0.15) is 53.2 Å². The van der Waals surface area contributed by atoms with Crippen LogP contribution in [0.25, 0.3) is 0 Å². The van der Waals surface area contributed by atoms with Gasteiger partial charge in [0, 0.05) is 5.92 Å². The second-order valence-electron chi connectivity index (χ2n) is 4.93. The van der Waals surface area contributed by atoms with E-state index in [1.807, 2.05) is 0 Å². The van der Waals surface area contributed by atoms with E-state index in [1.165, 1.54) is 0 Å². The summed E-state index contributed by atoms with van der Waals surface area (Å²) < 4.78 is 5.09. The van der Waals surface area contributed by atoms with Crippen molar-refractivity contribution < 1.29 is 9.31 Å². The van der Waals surface area contributed by atoms with E-state index in [0.29, 0.717) is 18.0 Å². The van der Waals surface area contributed by atoms with Crippen LogP contribution >= 0.6 is 0 Å². The lowest BCUT2D eigenvalue weighted by Crippen LogP contribution is -2.67. The van der Waals surface area contributed by atoms with Gasteiger partial charge in [-0.1, -0.05) is 13.8 Å². The van der Waals surface area contributed by atoms with Crippen LogP contribution in [0.4, 0.5) is 5.88 Å². The van der Waals surface area contributed by atoms with Gasteiger partial charge < -0.3 is 5.73 Å². The maximum absolute atomic E-state index is 5.80. The predicted octanol–water partition coefficient (Wildman–Crippen LogP) is 1.42. The molecule has 92 valence electrons. The third-order valence-electron chi connectivity index (χ3n) is 2.51. The lowest BCUT2D eigenvalue weighted by atomic mass is 10.1. The van der Waals surface area contributed by atoms with E-state index in [0.717, 1.165) is 5.69 Å². The van der Waals surface area contributed by atoms with Crippen LogP contribution in [0.3, 0.4) is 0 Å². The summed E-state index contributed by atoms with van der Waals surface area (Å²) >= 11 is 0. The Balaban J connectivity index is 3.19. The van der Waals surface area contributed by atoms with Gasteiger partial charge in [0.2, 0.25) is 5.27 Å². The number of anilines is 1. The van der Waals surface area contributed by atoms with Crippen molar-refractivity contribution in [3.05, 3.63) is 5.69 Å². The van der Waals surface area contributed by atoms with Crippen molar-refractivity contribution in [3.8, 4) is 0 Å². The first-order valence-corrected chi connectivity index (χ1v) is 5.82. The van der Waals surface area contributed by atoms with Gasteiger partial charge >= 0.3 is 5.69 Å². The summed E-state index contributed by atoms with van der Waals surface area (Å²) in [7, 11) is 0. The molecule has 0 spiro atoms. The Bertz CT molecular complexity index is 336. The third kappa shape index (κ3) is 2.28. The fraction of sp³-hybridized carbons (Fsp3) is 0.818. The molecule has 5 nitrogen and oxygen atoms in total. The van der Waals surface area contributed by atoms with Gasteiger partial charge in [0.05, 0.1) is 16.9 Å². The molecule has 2 N–H and O–H groups in total. The minimum atomic E-state index is 0.284. The number of nitrogens with zero attached hydrogens (tertiary/aromatic N) is 3. The van der Waals surface area contributed by atoms with Crippen LogP contribution in [0.15, 0.2) is 4.52 Å². The van der Waals surface area contributed by atoms with E-state index < -0.39 is 0 Å². The third-order valence-corrected chi connectivity index (χ3v) is 2.51. The SMILES string of the molecule is CC(C)c1c(N)on[n+]1N(C(C)C)C(C)C. The molecule has 1 rings (SSSR count). The van der Waals surface area contributed by atoms with Gasteiger partial charge in [-0.25, -0.2) is 0 Å². The first-order valence-electron chi connectivity index (χ1n) is 5.82. The Morgan fingerprint density at radius 3 is 2.00 bits per heavy atom. The Morgan fingerprint density at radius 2 is 1.62 bits per heavy atom. The molecule has 0 aliphatic carbocycles. The second-order valence-corrected chi connectivity index (χ2v) is 4.93. The molecular weight excluding hydrogens is 204 g/mol. The van der Waals surface area contributed by atoms with Crippen molar-refractivity contribution in [3.63, 3.8) is 0 Å². The van der Waals surface area contributed by atoms with Crippen LogP contribution in [-0.2, 0) is 0 Å². The number of nitrogen functional groups attached to an aromatic ring is 1. The molecule has 5 heteroatoms. The zero-order chi connectivity index (χ0) is 12.5. The smallest absolute Gasteiger partial charge is 0.310 e. The molecule has 1 aromatic heterocycles. The fourth-order valence-electron chi connectivity index (χ4n) is 1.99. The van der Waals surface area contributed by atoms with Gasteiger partial charge in [-0.05, 0) is 27.7 Å². The number of aromatic nitrogens is 2. The molecule has 0 aliphatic heterocycles. The molecule has 0 saturated carbocycles. The molecule has 0 fully saturated rings. The quantitative estimate of drug-likeness (QED) is 0.790. The molecule has 0 bridgehead atoms. The largest absolute Gasteiger partial charge is 0.362 e. The Morgan fingerprint density at radius 1 is 1.12 bits per heavy atom. The molecule has 0 unspecified atom stereocenters. The van der Waals surface area contributed by atoms with E-state index >= 15 is 0 Å². The highest BCUT2D eigenvalue weighted by Crippen LogP contribution is 2.17. The van der Waals surface area contributed by atoms with Gasteiger partial charge in [-0.15, -0.1) is 5.01 Å². The number of hydrogen-bond donors (Lipinski definition) is 1. The topological polar surface area (TPSA) is 59.2 Å². The second kappa shape index (κ2) is 4.72. The minimum Gasteiger partial charge on any atom is -0.362 e. The van der Waals surface area contributed by atoms with Crippen molar-refractivity contribution in [2.75, 3.05) is 10.7 Å². The van der Waals surface area contributed by atoms with Crippen LogP contribution in [0, 0.1) is 0 Å².